The van der Waals surface area contributed by atoms with Crippen LogP contribution < -0.4 is 61.7 Å². The molecule has 0 radical (unpaired) electrons. The summed E-state index contributed by atoms with van der Waals surface area (Å²) in [6.07, 6.45) is 0. The summed E-state index contributed by atoms with van der Waals surface area (Å²) in [6, 6.07) is 73.4. The van der Waals surface area contributed by atoms with E-state index in [2.05, 4.69) is 354 Å². The molecule has 8 heteroatoms. The topological polar surface area (TPSA) is 37.4 Å². The molecule has 4 aliphatic rings. The Hall–Kier alpha value is -8.87. The number of hydrogen-bond acceptors (Lipinski definition) is 6. The fraction of sp³-hybridized carbons (Fsp3) is 0.318. The summed E-state index contributed by atoms with van der Waals surface area (Å²) in [5.41, 5.74) is 25.3. The monoisotopic (exact) mass is 1260 g/mol. The van der Waals surface area contributed by atoms with Gasteiger partial charge in [-0.15, -0.1) is 0 Å². The van der Waals surface area contributed by atoms with E-state index >= 15 is 0 Å². The minimum absolute atomic E-state index is 0.00689. The van der Waals surface area contributed by atoms with Crippen molar-refractivity contribution in [1.29, 1.82) is 0 Å². The summed E-state index contributed by atoms with van der Waals surface area (Å²) in [4.78, 5) is 7.48. The van der Waals surface area contributed by atoms with Crippen LogP contribution in [-0.2, 0) is 37.9 Å². The Kier molecular flexibility index (Phi) is 15.0. The van der Waals surface area contributed by atoms with Crippen molar-refractivity contribution in [3.8, 4) is 34.5 Å². The van der Waals surface area contributed by atoms with Crippen LogP contribution in [0.15, 0.2) is 194 Å². The first-order chi connectivity index (χ1) is 45.0. The van der Waals surface area contributed by atoms with Gasteiger partial charge in [-0.2, -0.15) is 0 Å². The van der Waals surface area contributed by atoms with Gasteiger partial charge in [-0.1, -0.05) is 236 Å². The number of rotatable bonds is 7. The van der Waals surface area contributed by atoms with Gasteiger partial charge >= 0.3 is 0 Å². The number of nitrogens with zero attached hydrogens (tertiary/aromatic N) is 3. The molecule has 0 aromatic heterocycles. The smallest absolute Gasteiger partial charge is 0.256 e. The highest BCUT2D eigenvalue weighted by Crippen LogP contribution is 2.51. The third-order valence-corrected chi connectivity index (χ3v) is 20.5. The lowest BCUT2D eigenvalue weighted by Crippen LogP contribution is -2.64. The normalized spacial score (nSPS) is 14.3. The average molecular weight is 1260 g/mol. The van der Waals surface area contributed by atoms with Crippen LogP contribution in [0.2, 0.25) is 0 Å². The minimum Gasteiger partial charge on any atom is -0.458 e. The van der Waals surface area contributed by atoms with Crippen molar-refractivity contribution in [2.45, 2.75) is 183 Å². The second kappa shape index (κ2) is 22.3. The molecule has 10 aromatic rings. The molecule has 0 unspecified atom stereocenters. The molecule has 4 aliphatic heterocycles. The van der Waals surface area contributed by atoms with E-state index in [1.165, 1.54) is 60.8 Å². The maximum absolute atomic E-state index is 7.75. The third kappa shape index (κ3) is 11.5. The summed E-state index contributed by atoms with van der Waals surface area (Å²) in [6.45, 7) is 47.7. The molecule has 0 N–H and O–H groups in total. The van der Waals surface area contributed by atoms with E-state index in [0.29, 0.717) is 5.75 Å². The van der Waals surface area contributed by atoms with E-state index in [0.717, 1.165) is 90.9 Å². The van der Waals surface area contributed by atoms with Gasteiger partial charge in [-0.05, 0) is 182 Å². The summed E-state index contributed by atoms with van der Waals surface area (Å²) >= 11 is 0. The first kappa shape index (κ1) is 64.5. The number of anilines is 9. The zero-order chi connectivity index (χ0) is 68.3. The van der Waals surface area contributed by atoms with Crippen LogP contribution in [0.1, 0.15) is 184 Å². The first-order valence-corrected chi connectivity index (χ1v) is 34.8. The molecule has 0 saturated heterocycles. The van der Waals surface area contributed by atoms with Gasteiger partial charge in [0.05, 0.1) is 0 Å². The van der Waals surface area contributed by atoms with Gasteiger partial charge in [0.25, 0.3) is 13.4 Å². The van der Waals surface area contributed by atoms with E-state index in [4.69, 9.17) is 14.2 Å². The zero-order valence-electron chi connectivity index (χ0n) is 60.7. The summed E-state index contributed by atoms with van der Waals surface area (Å²) in [5.74, 6) is 4.58. The zero-order valence-corrected chi connectivity index (χ0v) is 60.7. The van der Waals surface area contributed by atoms with Crippen LogP contribution in [0.5, 0.6) is 34.5 Å². The second-order valence-electron chi connectivity index (χ2n) is 34.8. The van der Waals surface area contributed by atoms with Crippen molar-refractivity contribution < 1.29 is 14.2 Å². The van der Waals surface area contributed by atoms with Crippen molar-refractivity contribution in [3.05, 3.63) is 233 Å². The lowest BCUT2D eigenvalue weighted by Gasteiger charge is -2.46. The van der Waals surface area contributed by atoms with Gasteiger partial charge in [0.2, 0.25) is 0 Å². The standard InChI is InChI=1S/C88H95B2N3O3/c1-82(2,3)54-22-34-61(35-23-54)91-72-44-32-59(87(16,17)18)46-68(72)89-70-52-71-78(53-74(70)93(63-38-26-56(27-39-63)84(7,8)9)76-49-66(48-75(91)80(76)89)94-64-40-28-57(29-41-64)85(10,11)12)96-79-51-67(95-65-42-30-58(31-43-65)86(13,14)15)50-77-81(79)90(71)69-47-60(88(19,20)21)33-45-73(69)92(77)62-36-24-55(25-37-62)83(4,5)6/h22-53H,1-21H3. The molecule has 0 atom stereocenters. The van der Waals surface area contributed by atoms with Crippen LogP contribution in [0.4, 0.5) is 51.2 Å². The Labute approximate surface area is 573 Å². The fourth-order valence-electron chi connectivity index (χ4n) is 14.7. The molecular weight excluding hydrogens is 1170 g/mol. The number of benzene rings is 10. The SMILES string of the molecule is CC(C)(C)c1ccc(Oc2cc3c4c(c2)N(c2ccc(C(C)(C)C)cc2)c2ccc(C(C)(C)C)cc2B4c2cc4c(cc2O3)N(c2ccc(C(C)(C)C)cc2)c2cc(Oc3ccc(C(C)(C)C)cc3)cc3c2B4c2cc(C(C)(C)C)ccc2N3c2ccc(C(C)(C)C)cc2)cc1. The molecule has 0 bridgehead atoms. The predicted molar refractivity (Wildman–Crippen MR) is 410 cm³/mol. The van der Waals surface area contributed by atoms with Gasteiger partial charge in [0.15, 0.2) is 0 Å². The van der Waals surface area contributed by atoms with Crippen molar-refractivity contribution in [2.24, 2.45) is 0 Å². The molecule has 0 fully saturated rings. The molecule has 0 aliphatic carbocycles. The van der Waals surface area contributed by atoms with E-state index in [9.17, 15) is 0 Å². The van der Waals surface area contributed by atoms with E-state index < -0.39 is 0 Å². The Morgan fingerprint density at radius 1 is 0.240 bits per heavy atom. The van der Waals surface area contributed by atoms with Crippen molar-refractivity contribution in [2.75, 3.05) is 14.7 Å². The van der Waals surface area contributed by atoms with Crippen molar-refractivity contribution in [1.82, 2.24) is 0 Å². The lowest BCUT2D eigenvalue weighted by atomic mass is 9.30. The van der Waals surface area contributed by atoms with Crippen LogP contribution in [0, 0.1) is 0 Å². The number of ether oxygens (including phenoxy) is 3. The second-order valence-corrected chi connectivity index (χ2v) is 34.8. The fourth-order valence-corrected chi connectivity index (χ4v) is 14.7. The van der Waals surface area contributed by atoms with Crippen molar-refractivity contribution in [3.63, 3.8) is 0 Å². The van der Waals surface area contributed by atoms with E-state index in [1.54, 1.807) is 0 Å². The van der Waals surface area contributed by atoms with Gasteiger partial charge in [0, 0.05) is 81.5 Å². The summed E-state index contributed by atoms with van der Waals surface area (Å²) < 4.78 is 22.0. The maximum Gasteiger partial charge on any atom is 0.256 e. The van der Waals surface area contributed by atoms with Gasteiger partial charge in [-0.25, -0.2) is 0 Å². The summed E-state index contributed by atoms with van der Waals surface area (Å²) in [7, 11) is 0. The molecule has 0 saturated carbocycles. The first-order valence-electron chi connectivity index (χ1n) is 34.8. The Morgan fingerprint density at radius 3 is 0.885 bits per heavy atom. The Morgan fingerprint density at radius 2 is 0.531 bits per heavy atom. The number of hydrogen-bond donors (Lipinski definition) is 0. The molecule has 14 rings (SSSR count). The van der Waals surface area contributed by atoms with Crippen LogP contribution >= 0.6 is 0 Å². The third-order valence-electron chi connectivity index (χ3n) is 20.5. The highest BCUT2D eigenvalue weighted by atomic mass is 16.5. The number of fused-ring (bicyclic) bond motifs is 8. The van der Waals surface area contributed by atoms with Crippen molar-refractivity contribution >= 4 is 97.4 Å². The average Bonchev–Trinajstić information content (AvgIpc) is 0.691. The summed E-state index contributed by atoms with van der Waals surface area (Å²) in [5, 5.41) is 0. The van der Waals surface area contributed by atoms with Crippen LogP contribution in [0.25, 0.3) is 0 Å². The van der Waals surface area contributed by atoms with Crippen LogP contribution in [0.3, 0.4) is 0 Å². The van der Waals surface area contributed by atoms with E-state index in [1.807, 2.05) is 0 Å². The molecule has 0 amide bonds. The predicted octanol–water partition coefficient (Wildman–Crippen LogP) is 20.8. The molecule has 6 nitrogen and oxygen atoms in total. The van der Waals surface area contributed by atoms with Gasteiger partial charge in [0.1, 0.15) is 34.5 Å². The van der Waals surface area contributed by atoms with E-state index in [-0.39, 0.29) is 51.3 Å². The lowest BCUT2D eigenvalue weighted by molar-refractivity contribution is 0.462. The molecule has 4 heterocycles. The highest BCUT2D eigenvalue weighted by Gasteiger charge is 2.49. The molecule has 96 heavy (non-hydrogen) atoms. The molecule has 10 aromatic carbocycles. The van der Waals surface area contributed by atoms with Crippen LogP contribution in [-0.4, -0.2) is 13.4 Å². The minimum atomic E-state index is -0.228. The molecular formula is C88H95B2N3O3. The quantitative estimate of drug-likeness (QED) is 0.148. The highest BCUT2D eigenvalue weighted by molar-refractivity contribution is 7.02. The Balaban J connectivity index is 1.06. The molecule has 0 spiro atoms. The largest absolute Gasteiger partial charge is 0.458 e. The molecule has 486 valence electrons. The maximum atomic E-state index is 7.75. The van der Waals surface area contributed by atoms with Gasteiger partial charge < -0.3 is 28.9 Å². The van der Waals surface area contributed by atoms with Gasteiger partial charge in [-0.3, -0.25) is 0 Å². The Bertz CT molecular complexity index is 4690.